The first-order valence-corrected chi connectivity index (χ1v) is 9.48. The Hall–Kier alpha value is -3.44. The largest absolute Gasteiger partial charge is 0.433 e. The first-order valence-electron chi connectivity index (χ1n) is 9.48. The lowest BCUT2D eigenvalue weighted by Gasteiger charge is -2.22. The van der Waals surface area contributed by atoms with Gasteiger partial charge in [-0.3, -0.25) is 14.8 Å². The summed E-state index contributed by atoms with van der Waals surface area (Å²) in [5.74, 6) is -0.716. The van der Waals surface area contributed by atoms with Gasteiger partial charge in [-0.15, -0.1) is 0 Å². The molecule has 1 atom stereocenters. The highest BCUT2D eigenvalue weighted by atomic mass is 19.4. The lowest BCUT2D eigenvalue weighted by atomic mass is 9.93. The van der Waals surface area contributed by atoms with Crippen molar-refractivity contribution in [2.75, 3.05) is 0 Å². The lowest BCUT2D eigenvalue weighted by Crippen LogP contribution is -2.30. The first-order chi connectivity index (χ1) is 15.0. The number of carbonyl (C=O) groups excluding carboxylic acids is 1. The number of alkyl halides is 6. The maximum Gasteiger partial charge on any atom is 0.433 e. The summed E-state index contributed by atoms with van der Waals surface area (Å²) in [6.07, 6.45) is -4.14. The van der Waals surface area contributed by atoms with Crippen LogP contribution in [0.15, 0.2) is 42.9 Å². The molecule has 1 aliphatic carbocycles. The zero-order valence-corrected chi connectivity index (χ0v) is 16.2. The molecule has 6 nitrogen and oxygen atoms in total. The molecule has 1 N–H and O–H groups in total. The third-order valence-electron chi connectivity index (χ3n) is 5.02. The summed E-state index contributed by atoms with van der Waals surface area (Å²) in [7, 11) is 0. The van der Waals surface area contributed by atoms with Crippen LogP contribution in [0, 0.1) is 0 Å². The number of fused-ring (bicyclic) bond motifs is 1. The number of nitrogens with one attached hydrogen (secondary N) is 1. The molecule has 0 bridgehead atoms. The van der Waals surface area contributed by atoms with Crippen molar-refractivity contribution < 1.29 is 31.1 Å². The molecule has 0 aliphatic heterocycles. The van der Waals surface area contributed by atoms with E-state index in [4.69, 9.17) is 0 Å². The van der Waals surface area contributed by atoms with Crippen molar-refractivity contribution in [3.05, 3.63) is 71.1 Å². The van der Waals surface area contributed by atoms with Gasteiger partial charge >= 0.3 is 12.4 Å². The number of nitrogens with zero attached hydrogens (tertiary/aromatic N) is 4. The molecule has 1 amide bonds. The van der Waals surface area contributed by atoms with Crippen LogP contribution in [0.3, 0.4) is 0 Å². The van der Waals surface area contributed by atoms with Gasteiger partial charge in [0.25, 0.3) is 5.91 Å². The molecule has 0 radical (unpaired) electrons. The van der Waals surface area contributed by atoms with Crippen molar-refractivity contribution in [2.45, 2.75) is 37.7 Å². The molecule has 3 aromatic rings. The van der Waals surface area contributed by atoms with Gasteiger partial charge in [-0.25, -0.2) is 4.68 Å². The molecule has 168 valence electrons. The number of aromatic nitrogens is 4. The minimum Gasteiger partial charge on any atom is -0.345 e. The van der Waals surface area contributed by atoms with E-state index in [9.17, 15) is 31.1 Å². The molecule has 12 heteroatoms. The standard InChI is InChI=1S/C20H15F6N5O/c21-19(22,23)16-8-11(4-6-27-16)18(32)29-14-2-1-3-15-13(14)10-31(30-15)12-5-7-28-17(9-12)20(24,25)26/h4-10,14H,1-3H2,(H,29,32)/t14-/m0/s1. The average molecular weight is 455 g/mol. The Morgan fingerprint density at radius 1 is 1.00 bits per heavy atom. The van der Waals surface area contributed by atoms with Crippen molar-refractivity contribution in [3.63, 3.8) is 0 Å². The number of amides is 1. The van der Waals surface area contributed by atoms with E-state index in [1.165, 1.54) is 23.0 Å². The van der Waals surface area contributed by atoms with Gasteiger partial charge < -0.3 is 5.32 Å². The average Bonchev–Trinajstić information content (AvgIpc) is 3.18. The molecule has 0 unspecified atom stereocenters. The van der Waals surface area contributed by atoms with Gasteiger partial charge in [0.1, 0.15) is 11.4 Å². The summed E-state index contributed by atoms with van der Waals surface area (Å²) < 4.78 is 78.8. The molecule has 1 aliphatic rings. The SMILES string of the molecule is O=C(N[C@H]1CCCc2nn(-c3ccnc(C(F)(F)F)c3)cc21)c1ccnc(C(F)(F)F)c1. The highest BCUT2D eigenvalue weighted by Gasteiger charge is 2.34. The van der Waals surface area contributed by atoms with Crippen LogP contribution in [-0.2, 0) is 18.8 Å². The highest BCUT2D eigenvalue weighted by Crippen LogP contribution is 2.32. The van der Waals surface area contributed by atoms with Crippen LogP contribution in [0.5, 0.6) is 0 Å². The molecule has 0 fully saturated rings. The number of halogens is 6. The van der Waals surface area contributed by atoms with Crippen molar-refractivity contribution in [3.8, 4) is 5.69 Å². The van der Waals surface area contributed by atoms with Crippen LogP contribution in [0.2, 0.25) is 0 Å². The molecule has 0 saturated heterocycles. The molecule has 0 saturated carbocycles. The van der Waals surface area contributed by atoms with E-state index in [-0.39, 0.29) is 11.3 Å². The van der Waals surface area contributed by atoms with Crippen molar-refractivity contribution in [2.24, 2.45) is 0 Å². The highest BCUT2D eigenvalue weighted by molar-refractivity contribution is 5.94. The van der Waals surface area contributed by atoms with E-state index in [1.54, 1.807) is 0 Å². The summed E-state index contributed by atoms with van der Waals surface area (Å²) in [6, 6.07) is 3.52. The van der Waals surface area contributed by atoms with Crippen LogP contribution < -0.4 is 5.32 Å². The van der Waals surface area contributed by atoms with E-state index in [2.05, 4.69) is 20.4 Å². The fourth-order valence-electron chi connectivity index (χ4n) is 3.50. The zero-order valence-electron chi connectivity index (χ0n) is 16.2. The van der Waals surface area contributed by atoms with Gasteiger partial charge in [0, 0.05) is 29.7 Å². The Kier molecular flexibility index (Phi) is 5.39. The Labute approximate surface area is 177 Å². The molecule has 32 heavy (non-hydrogen) atoms. The van der Waals surface area contributed by atoms with Crippen molar-refractivity contribution in [1.29, 1.82) is 0 Å². The first kappa shape index (κ1) is 21.8. The van der Waals surface area contributed by atoms with Gasteiger partial charge in [0.15, 0.2) is 0 Å². The van der Waals surface area contributed by atoms with Crippen LogP contribution in [-0.4, -0.2) is 25.7 Å². The number of hydrogen-bond acceptors (Lipinski definition) is 4. The van der Waals surface area contributed by atoms with E-state index >= 15 is 0 Å². The van der Waals surface area contributed by atoms with Crippen molar-refractivity contribution >= 4 is 5.91 Å². The molecule has 0 spiro atoms. The second kappa shape index (κ2) is 7.92. The maximum atomic E-state index is 13.0. The van der Waals surface area contributed by atoms with Crippen LogP contribution in [0.1, 0.15) is 51.9 Å². The minimum atomic E-state index is -4.69. The molecule has 3 heterocycles. The van der Waals surface area contributed by atoms with Gasteiger partial charge in [-0.2, -0.15) is 31.4 Å². The number of carbonyl (C=O) groups is 1. The zero-order chi connectivity index (χ0) is 23.1. The van der Waals surface area contributed by atoms with Crippen LogP contribution in [0.4, 0.5) is 26.3 Å². The summed E-state index contributed by atoms with van der Waals surface area (Å²) >= 11 is 0. The molecule has 3 aromatic heterocycles. The Morgan fingerprint density at radius 2 is 1.66 bits per heavy atom. The number of rotatable bonds is 3. The van der Waals surface area contributed by atoms with Crippen molar-refractivity contribution in [1.82, 2.24) is 25.1 Å². The molecule has 4 rings (SSSR count). The fourth-order valence-corrected chi connectivity index (χ4v) is 3.50. The third kappa shape index (κ3) is 4.43. The predicted molar refractivity (Wildman–Crippen MR) is 98.7 cm³/mol. The second-order valence-electron chi connectivity index (χ2n) is 7.22. The summed E-state index contributed by atoms with van der Waals surface area (Å²) in [5, 5.41) is 7.02. The van der Waals surface area contributed by atoms with E-state index < -0.39 is 35.7 Å². The van der Waals surface area contributed by atoms with E-state index in [0.717, 1.165) is 18.5 Å². The number of hydrogen-bond donors (Lipinski definition) is 1. The summed E-state index contributed by atoms with van der Waals surface area (Å²) in [4.78, 5) is 19.1. The minimum absolute atomic E-state index is 0.149. The van der Waals surface area contributed by atoms with Gasteiger partial charge in [0.2, 0.25) is 0 Å². The smallest absolute Gasteiger partial charge is 0.345 e. The van der Waals surface area contributed by atoms with Crippen LogP contribution >= 0.6 is 0 Å². The Morgan fingerprint density at radius 3 is 2.34 bits per heavy atom. The monoisotopic (exact) mass is 455 g/mol. The predicted octanol–water partition coefficient (Wildman–Crippen LogP) is 4.51. The summed E-state index contributed by atoms with van der Waals surface area (Å²) in [6.45, 7) is 0. The second-order valence-corrected chi connectivity index (χ2v) is 7.22. The summed E-state index contributed by atoms with van der Waals surface area (Å²) in [5.41, 5.74) is -1.10. The van der Waals surface area contributed by atoms with Crippen LogP contribution in [0.25, 0.3) is 5.69 Å². The van der Waals surface area contributed by atoms with Gasteiger partial charge in [0.05, 0.1) is 17.4 Å². The molecular weight excluding hydrogens is 440 g/mol. The third-order valence-corrected chi connectivity index (χ3v) is 5.02. The van der Waals surface area contributed by atoms with Gasteiger partial charge in [-0.05, 0) is 43.5 Å². The molecular formula is C20H15F6N5O. The number of aryl methyl sites for hydroxylation is 1. The number of pyridine rings is 2. The quantitative estimate of drug-likeness (QED) is 0.590. The Bertz CT molecular complexity index is 1150. The molecule has 0 aromatic carbocycles. The normalized spacial score (nSPS) is 16.5. The Balaban J connectivity index is 1.59. The topological polar surface area (TPSA) is 72.7 Å². The fraction of sp³-hybridized carbons (Fsp3) is 0.300. The van der Waals surface area contributed by atoms with Gasteiger partial charge in [-0.1, -0.05) is 0 Å². The van der Waals surface area contributed by atoms with E-state index in [1.807, 2.05) is 0 Å². The lowest BCUT2D eigenvalue weighted by molar-refractivity contribution is -0.142. The maximum absolute atomic E-state index is 13.0. The van der Waals surface area contributed by atoms with E-state index in [0.29, 0.717) is 36.6 Å².